The number of hydrogen-bond donors (Lipinski definition) is 3. The van der Waals surface area contributed by atoms with Gasteiger partial charge < -0.3 is 16.0 Å². The largest absolute Gasteiger partial charge is 0.352 e. The standard InChI is InChI=1S/C13H21N3O2.ClH/c17-11(16-9-1-2-9)8-15-12(18)10-7-13(10)3-5-14-6-4-13;/h9-10,14H,1-8H2,(H,15,18)(H,16,17);1H. The number of rotatable bonds is 4. The molecule has 1 aliphatic heterocycles. The Morgan fingerprint density at radius 2 is 1.89 bits per heavy atom. The molecular formula is C13H22ClN3O2. The minimum Gasteiger partial charge on any atom is -0.352 e. The molecule has 0 aromatic carbocycles. The summed E-state index contributed by atoms with van der Waals surface area (Å²) in [5, 5.41) is 8.98. The number of hydrogen-bond acceptors (Lipinski definition) is 3. The lowest BCUT2D eigenvalue weighted by atomic mass is 9.92. The molecule has 3 aliphatic rings. The molecule has 3 fully saturated rings. The Hall–Kier alpha value is -0.810. The molecule has 2 aliphatic carbocycles. The van der Waals surface area contributed by atoms with Crippen molar-refractivity contribution in [1.29, 1.82) is 0 Å². The lowest BCUT2D eigenvalue weighted by Crippen LogP contribution is -2.39. The number of carbonyl (C=O) groups is 2. The molecule has 1 spiro atoms. The first kappa shape index (κ1) is 14.6. The third-order valence-electron chi connectivity index (χ3n) is 4.47. The zero-order valence-electron chi connectivity index (χ0n) is 11.0. The Morgan fingerprint density at radius 3 is 2.53 bits per heavy atom. The average molecular weight is 288 g/mol. The van der Waals surface area contributed by atoms with Crippen LogP contribution in [0, 0.1) is 11.3 Å². The Bertz CT molecular complexity index is 365. The second kappa shape index (κ2) is 5.67. The van der Waals surface area contributed by atoms with Crippen molar-refractivity contribution < 1.29 is 9.59 Å². The van der Waals surface area contributed by atoms with Gasteiger partial charge in [0.25, 0.3) is 0 Å². The quantitative estimate of drug-likeness (QED) is 0.691. The number of halogens is 1. The molecule has 3 N–H and O–H groups in total. The van der Waals surface area contributed by atoms with E-state index in [2.05, 4.69) is 16.0 Å². The van der Waals surface area contributed by atoms with E-state index >= 15 is 0 Å². The molecule has 6 heteroatoms. The molecule has 1 atom stereocenters. The van der Waals surface area contributed by atoms with Gasteiger partial charge in [-0.25, -0.2) is 0 Å². The Balaban J connectivity index is 0.00000133. The van der Waals surface area contributed by atoms with Crippen molar-refractivity contribution in [1.82, 2.24) is 16.0 Å². The molecule has 1 saturated heterocycles. The van der Waals surface area contributed by atoms with Gasteiger partial charge in [0, 0.05) is 12.0 Å². The zero-order chi connectivity index (χ0) is 12.6. The van der Waals surface area contributed by atoms with E-state index in [9.17, 15) is 9.59 Å². The van der Waals surface area contributed by atoms with Crippen LogP contribution >= 0.6 is 12.4 Å². The van der Waals surface area contributed by atoms with E-state index in [1.165, 1.54) is 0 Å². The summed E-state index contributed by atoms with van der Waals surface area (Å²) in [6.45, 7) is 2.18. The Kier molecular flexibility index (Phi) is 4.36. The van der Waals surface area contributed by atoms with Crippen molar-refractivity contribution in [3.8, 4) is 0 Å². The summed E-state index contributed by atoms with van der Waals surface area (Å²) in [6.07, 6.45) is 5.36. The first-order chi connectivity index (χ1) is 8.70. The predicted molar refractivity (Wildman–Crippen MR) is 74.1 cm³/mol. The first-order valence-corrected chi connectivity index (χ1v) is 6.97. The summed E-state index contributed by atoms with van der Waals surface area (Å²) in [5.41, 5.74) is 0.252. The maximum absolute atomic E-state index is 12.0. The molecular weight excluding hydrogens is 266 g/mol. The van der Waals surface area contributed by atoms with Crippen LogP contribution in [0.15, 0.2) is 0 Å². The molecule has 1 heterocycles. The van der Waals surface area contributed by atoms with Crippen LogP contribution < -0.4 is 16.0 Å². The maximum Gasteiger partial charge on any atom is 0.239 e. The van der Waals surface area contributed by atoms with Gasteiger partial charge >= 0.3 is 0 Å². The third-order valence-corrected chi connectivity index (χ3v) is 4.47. The summed E-state index contributed by atoms with van der Waals surface area (Å²) >= 11 is 0. The fourth-order valence-electron chi connectivity index (χ4n) is 2.99. The van der Waals surface area contributed by atoms with Crippen LogP contribution in [0.4, 0.5) is 0 Å². The molecule has 0 bridgehead atoms. The second-order valence-corrected chi connectivity index (χ2v) is 5.93. The molecule has 1 unspecified atom stereocenters. The van der Waals surface area contributed by atoms with Gasteiger partial charge in [0.1, 0.15) is 0 Å². The third kappa shape index (κ3) is 3.39. The van der Waals surface area contributed by atoms with E-state index < -0.39 is 0 Å². The fraction of sp³-hybridized carbons (Fsp3) is 0.846. The van der Waals surface area contributed by atoms with Gasteiger partial charge in [0.2, 0.25) is 11.8 Å². The highest BCUT2D eigenvalue weighted by Crippen LogP contribution is 2.58. The van der Waals surface area contributed by atoms with Crippen molar-refractivity contribution in [2.24, 2.45) is 11.3 Å². The van der Waals surface area contributed by atoms with Crippen molar-refractivity contribution in [2.45, 2.75) is 38.1 Å². The van der Waals surface area contributed by atoms with Crippen molar-refractivity contribution in [2.75, 3.05) is 19.6 Å². The summed E-state index contributed by atoms with van der Waals surface area (Å²) in [7, 11) is 0. The minimum absolute atomic E-state index is 0. The second-order valence-electron chi connectivity index (χ2n) is 5.93. The highest BCUT2D eigenvalue weighted by molar-refractivity contribution is 5.88. The molecule has 108 valence electrons. The van der Waals surface area contributed by atoms with Gasteiger partial charge in [-0.05, 0) is 50.6 Å². The van der Waals surface area contributed by atoms with Gasteiger partial charge in [0.15, 0.2) is 0 Å². The number of carbonyl (C=O) groups excluding carboxylic acids is 2. The molecule has 19 heavy (non-hydrogen) atoms. The molecule has 2 amide bonds. The Morgan fingerprint density at radius 1 is 1.21 bits per heavy atom. The highest BCUT2D eigenvalue weighted by atomic mass is 35.5. The van der Waals surface area contributed by atoms with Gasteiger partial charge in [0.05, 0.1) is 6.54 Å². The summed E-state index contributed by atoms with van der Waals surface area (Å²) in [5.74, 6) is 0.169. The van der Waals surface area contributed by atoms with Crippen LogP contribution in [0.3, 0.4) is 0 Å². The van der Waals surface area contributed by atoms with Gasteiger partial charge in [-0.1, -0.05) is 0 Å². The normalized spacial score (nSPS) is 27.3. The van der Waals surface area contributed by atoms with Crippen LogP contribution in [0.1, 0.15) is 32.1 Å². The zero-order valence-corrected chi connectivity index (χ0v) is 11.9. The fourth-order valence-corrected chi connectivity index (χ4v) is 2.99. The smallest absolute Gasteiger partial charge is 0.239 e. The lowest BCUT2D eigenvalue weighted by molar-refractivity contribution is -0.127. The Labute approximate surface area is 119 Å². The van der Waals surface area contributed by atoms with Crippen LogP contribution in [0.25, 0.3) is 0 Å². The first-order valence-electron chi connectivity index (χ1n) is 6.97. The SMILES string of the molecule is Cl.O=C(CNC(=O)C1CC12CCNCC2)NC1CC1. The number of nitrogens with one attached hydrogen (secondary N) is 3. The van der Waals surface area contributed by atoms with E-state index in [0.717, 1.165) is 45.2 Å². The molecule has 0 radical (unpaired) electrons. The van der Waals surface area contributed by atoms with Crippen molar-refractivity contribution in [3.05, 3.63) is 0 Å². The molecule has 2 saturated carbocycles. The maximum atomic E-state index is 12.0. The van der Waals surface area contributed by atoms with Crippen LogP contribution in [0.2, 0.25) is 0 Å². The van der Waals surface area contributed by atoms with E-state index in [0.29, 0.717) is 6.04 Å². The predicted octanol–water partition coefficient (Wildman–Crippen LogP) is 0.193. The number of amides is 2. The van der Waals surface area contributed by atoms with Crippen molar-refractivity contribution in [3.63, 3.8) is 0 Å². The van der Waals surface area contributed by atoms with Crippen molar-refractivity contribution >= 4 is 24.2 Å². The van der Waals surface area contributed by atoms with Crippen LogP contribution in [-0.4, -0.2) is 37.5 Å². The highest BCUT2D eigenvalue weighted by Gasteiger charge is 2.57. The molecule has 0 aromatic rings. The van der Waals surface area contributed by atoms with Crippen LogP contribution in [-0.2, 0) is 9.59 Å². The average Bonchev–Trinajstić information content (AvgIpc) is 3.27. The summed E-state index contributed by atoms with van der Waals surface area (Å²) in [4.78, 5) is 23.4. The topological polar surface area (TPSA) is 70.2 Å². The van der Waals surface area contributed by atoms with Gasteiger partial charge in [-0.15, -0.1) is 12.4 Å². The van der Waals surface area contributed by atoms with Gasteiger partial charge in [-0.3, -0.25) is 9.59 Å². The van der Waals surface area contributed by atoms with Crippen LogP contribution in [0.5, 0.6) is 0 Å². The van der Waals surface area contributed by atoms with E-state index in [4.69, 9.17) is 0 Å². The van der Waals surface area contributed by atoms with E-state index in [1.54, 1.807) is 0 Å². The monoisotopic (exact) mass is 287 g/mol. The minimum atomic E-state index is -0.0501. The summed E-state index contributed by atoms with van der Waals surface area (Å²) < 4.78 is 0. The lowest BCUT2D eigenvalue weighted by Gasteiger charge is -2.23. The number of piperidine rings is 1. The summed E-state index contributed by atoms with van der Waals surface area (Å²) in [6, 6.07) is 0.367. The molecule has 0 aromatic heterocycles. The van der Waals surface area contributed by atoms with E-state index in [-0.39, 0.29) is 42.1 Å². The molecule has 5 nitrogen and oxygen atoms in total. The molecule has 3 rings (SSSR count). The van der Waals surface area contributed by atoms with Gasteiger partial charge in [-0.2, -0.15) is 0 Å². The van der Waals surface area contributed by atoms with E-state index in [1.807, 2.05) is 0 Å².